The van der Waals surface area contributed by atoms with Gasteiger partial charge >= 0.3 is 6.09 Å². The molecule has 1 N–H and O–H groups in total. The molecule has 0 aliphatic carbocycles. The third-order valence-electron chi connectivity index (χ3n) is 4.06. The average Bonchev–Trinajstić information content (AvgIpc) is 2.89. The molecule has 1 aromatic rings. The predicted molar refractivity (Wildman–Crippen MR) is 82.1 cm³/mol. The van der Waals surface area contributed by atoms with Gasteiger partial charge in [0.15, 0.2) is 0 Å². The quantitative estimate of drug-likeness (QED) is 0.877. The Labute approximate surface area is 130 Å². The van der Waals surface area contributed by atoms with Gasteiger partial charge in [-0.15, -0.1) is 0 Å². The van der Waals surface area contributed by atoms with Crippen molar-refractivity contribution in [1.82, 2.24) is 4.90 Å². The Morgan fingerprint density at radius 1 is 1.41 bits per heavy atom. The third kappa shape index (κ3) is 3.47. The Bertz CT molecular complexity index is 515. The number of hydrogen-bond donors (Lipinski definition) is 1. The fraction of sp³-hybridized carbons (Fsp3) is 0.529. The minimum Gasteiger partial charge on any atom is -0.446 e. The third-order valence-corrected chi connectivity index (χ3v) is 4.06. The van der Waals surface area contributed by atoms with Crippen LogP contribution in [-0.4, -0.2) is 34.7 Å². The van der Waals surface area contributed by atoms with Crippen molar-refractivity contribution in [2.75, 3.05) is 6.61 Å². The lowest BCUT2D eigenvalue weighted by atomic mass is 9.94. The van der Waals surface area contributed by atoms with Gasteiger partial charge in [0.25, 0.3) is 0 Å². The zero-order chi connectivity index (χ0) is 16.1. The lowest BCUT2D eigenvalue weighted by Crippen LogP contribution is -2.42. The maximum Gasteiger partial charge on any atom is 0.417 e. The predicted octanol–water partition coefficient (Wildman–Crippen LogP) is 2.89. The van der Waals surface area contributed by atoms with E-state index in [1.165, 1.54) is 4.90 Å². The van der Waals surface area contributed by atoms with Crippen molar-refractivity contribution in [3.8, 4) is 0 Å². The molecular weight excluding hydrogens is 282 g/mol. The van der Waals surface area contributed by atoms with Crippen LogP contribution in [0, 0.1) is 5.92 Å². The van der Waals surface area contributed by atoms with E-state index in [0.29, 0.717) is 6.42 Å². The second kappa shape index (κ2) is 7.40. The molecule has 0 saturated carbocycles. The molecule has 5 heteroatoms. The number of aliphatic hydroxyl groups is 1. The molecule has 0 aromatic heterocycles. The Morgan fingerprint density at radius 3 is 2.68 bits per heavy atom. The number of imide groups is 1. The van der Waals surface area contributed by atoms with Gasteiger partial charge in [-0.2, -0.15) is 0 Å². The summed E-state index contributed by atoms with van der Waals surface area (Å²) in [4.78, 5) is 25.9. The van der Waals surface area contributed by atoms with Crippen LogP contribution in [0.1, 0.15) is 44.7 Å². The van der Waals surface area contributed by atoms with Crippen LogP contribution in [0.15, 0.2) is 30.3 Å². The van der Waals surface area contributed by atoms with Crippen LogP contribution in [0.5, 0.6) is 0 Å². The topological polar surface area (TPSA) is 66.8 Å². The molecule has 120 valence electrons. The van der Waals surface area contributed by atoms with E-state index in [4.69, 9.17) is 4.74 Å². The summed E-state index contributed by atoms with van der Waals surface area (Å²) in [5, 5.41) is 9.91. The van der Waals surface area contributed by atoms with Crippen molar-refractivity contribution >= 4 is 12.0 Å². The molecule has 0 unspecified atom stereocenters. The molecular formula is C17H23NO4. The van der Waals surface area contributed by atoms with Crippen molar-refractivity contribution in [2.24, 2.45) is 5.92 Å². The molecule has 0 bridgehead atoms. The van der Waals surface area contributed by atoms with Crippen LogP contribution < -0.4 is 0 Å². The van der Waals surface area contributed by atoms with Gasteiger partial charge in [-0.3, -0.25) is 4.79 Å². The van der Waals surface area contributed by atoms with Crippen molar-refractivity contribution < 1.29 is 19.4 Å². The summed E-state index contributed by atoms with van der Waals surface area (Å²) in [5.41, 5.74) is 0.863. The number of ether oxygens (including phenoxy) is 1. The Balaban J connectivity index is 2.22. The summed E-state index contributed by atoms with van der Waals surface area (Å²) in [5.74, 6) is -0.920. The number of carbonyl (C=O) groups excluding carboxylic acids is 2. The molecule has 1 aromatic carbocycles. The zero-order valence-corrected chi connectivity index (χ0v) is 13.1. The summed E-state index contributed by atoms with van der Waals surface area (Å²) in [6.45, 7) is 3.78. The highest BCUT2D eigenvalue weighted by molar-refractivity contribution is 5.95. The smallest absolute Gasteiger partial charge is 0.417 e. The van der Waals surface area contributed by atoms with Crippen LogP contribution in [0.4, 0.5) is 4.79 Å². The van der Waals surface area contributed by atoms with E-state index < -0.39 is 24.2 Å². The van der Waals surface area contributed by atoms with Gasteiger partial charge in [0.1, 0.15) is 12.6 Å². The number of rotatable bonds is 6. The normalized spacial score (nSPS) is 20.6. The van der Waals surface area contributed by atoms with Crippen LogP contribution in [0.25, 0.3) is 0 Å². The van der Waals surface area contributed by atoms with Gasteiger partial charge in [-0.1, -0.05) is 50.1 Å². The molecule has 0 radical (unpaired) electrons. The highest BCUT2D eigenvalue weighted by Gasteiger charge is 2.42. The minimum atomic E-state index is -0.788. The van der Waals surface area contributed by atoms with Gasteiger partial charge in [0.05, 0.1) is 12.0 Å². The molecule has 2 rings (SSSR count). The van der Waals surface area contributed by atoms with Crippen LogP contribution in [-0.2, 0) is 9.53 Å². The standard InChI is InChI=1S/C17H23NO4/c1-3-4-10-14(12(2)19)16(20)18-15(11-22-17(18)21)13-8-6-5-7-9-13/h5-9,12,14-15,19H,3-4,10-11H2,1-2H3/t12-,14+,15-/m1/s1. The van der Waals surface area contributed by atoms with E-state index in [9.17, 15) is 14.7 Å². The summed E-state index contributed by atoms with van der Waals surface area (Å²) in [6, 6.07) is 8.94. The highest BCUT2D eigenvalue weighted by Crippen LogP contribution is 2.30. The van der Waals surface area contributed by atoms with Crippen LogP contribution >= 0.6 is 0 Å². The first kappa shape index (κ1) is 16.5. The molecule has 3 atom stereocenters. The lowest BCUT2D eigenvalue weighted by Gasteiger charge is -2.26. The molecule has 1 heterocycles. The zero-order valence-electron chi connectivity index (χ0n) is 13.1. The van der Waals surface area contributed by atoms with Gasteiger partial charge in [0.2, 0.25) is 5.91 Å². The number of carbonyl (C=O) groups is 2. The van der Waals surface area contributed by atoms with Crippen molar-refractivity contribution in [3.05, 3.63) is 35.9 Å². The molecule has 0 spiro atoms. The second-order valence-corrected chi connectivity index (χ2v) is 5.70. The largest absolute Gasteiger partial charge is 0.446 e. The number of aliphatic hydroxyl groups excluding tert-OH is 1. The van der Waals surface area contributed by atoms with Crippen LogP contribution in [0.3, 0.4) is 0 Å². The first-order chi connectivity index (χ1) is 10.6. The molecule has 2 amide bonds. The highest BCUT2D eigenvalue weighted by atomic mass is 16.6. The summed E-state index contributed by atoms with van der Waals surface area (Å²) >= 11 is 0. The molecule has 1 fully saturated rings. The van der Waals surface area contributed by atoms with Crippen molar-refractivity contribution in [2.45, 2.75) is 45.3 Å². The number of amides is 2. The van der Waals surface area contributed by atoms with E-state index in [-0.39, 0.29) is 12.5 Å². The number of nitrogens with zero attached hydrogens (tertiary/aromatic N) is 1. The first-order valence-electron chi connectivity index (χ1n) is 7.79. The van der Waals surface area contributed by atoms with E-state index in [1.54, 1.807) is 6.92 Å². The molecule has 1 aliphatic heterocycles. The van der Waals surface area contributed by atoms with Crippen molar-refractivity contribution in [3.63, 3.8) is 0 Å². The monoisotopic (exact) mass is 305 g/mol. The minimum absolute atomic E-state index is 0.162. The lowest BCUT2D eigenvalue weighted by molar-refractivity contribution is -0.137. The Kier molecular flexibility index (Phi) is 5.55. The summed E-state index contributed by atoms with van der Waals surface area (Å²) in [6.07, 6.45) is 0.923. The maximum absolute atomic E-state index is 12.8. The Morgan fingerprint density at radius 2 is 2.09 bits per heavy atom. The van der Waals surface area contributed by atoms with Gasteiger partial charge < -0.3 is 9.84 Å². The van der Waals surface area contributed by atoms with E-state index in [2.05, 4.69) is 0 Å². The van der Waals surface area contributed by atoms with E-state index >= 15 is 0 Å². The molecule has 5 nitrogen and oxygen atoms in total. The maximum atomic E-state index is 12.8. The summed E-state index contributed by atoms with van der Waals surface area (Å²) in [7, 11) is 0. The molecule has 22 heavy (non-hydrogen) atoms. The van der Waals surface area contributed by atoms with Gasteiger partial charge in [-0.05, 0) is 18.9 Å². The number of unbranched alkanes of at least 4 members (excludes halogenated alkanes) is 1. The Hall–Kier alpha value is -1.88. The average molecular weight is 305 g/mol. The van der Waals surface area contributed by atoms with Crippen molar-refractivity contribution in [1.29, 1.82) is 0 Å². The number of hydrogen-bond acceptors (Lipinski definition) is 4. The first-order valence-corrected chi connectivity index (χ1v) is 7.79. The number of cyclic esters (lactones) is 1. The molecule has 1 saturated heterocycles. The van der Waals surface area contributed by atoms with Gasteiger partial charge in [0, 0.05) is 0 Å². The second-order valence-electron chi connectivity index (χ2n) is 5.70. The molecule has 1 aliphatic rings. The van der Waals surface area contributed by atoms with Crippen LogP contribution in [0.2, 0.25) is 0 Å². The fourth-order valence-electron chi connectivity index (χ4n) is 2.76. The summed E-state index contributed by atoms with van der Waals surface area (Å²) < 4.78 is 5.07. The van der Waals surface area contributed by atoms with Gasteiger partial charge in [-0.25, -0.2) is 9.69 Å². The fourth-order valence-corrected chi connectivity index (χ4v) is 2.76. The number of benzene rings is 1. The van der Waals surface area contributed by atoms with E-state index in [1.807, 2.05) is 37.3 Å². The van der Waals surface area contributed by atoms with E-state index in [0.717, 1.165) is 18.4 Å². The SMILES string of the molecule is CCCC[C@H](C(=O)N1C(=O)OC[C@@H]1c1ccccc1)[C@@H](C)O.